The molecule has 1 radical (unpaired) electrons. The average molecular weight is 199 g/mol. The SMILES string of the molecule is [CH2]CCC(C)C(=O)OCCCCCC. The molecule has 2 nitrogen and oxygen atoms in total. The third-order valence-electron chi connectivity index (χ3n) is 2.28. The molecule has 0 fully saturated rings. The molecule has 0 aromatic carbocycles. The van der Waals surface area contributed by atoms with Crippen LogP contribution in [0, 0.1) is 12.8 Å². The molecule has 0 saturated carbocycles. The van der Waals surface area contributed by atoms with Gasteiger partial charge < -0.3 is 4.74 Å². The van der Waals surface area contributed by atoms with E-state index in [1.54, 1.807) is 0 Å². The summed E-state index contributed by atoms with van der Waals surface area (Å²) in [6.07, 6.45) is 6.22. The van der Waals surface area contributed by atoms with Gasteiger partial charge in [-0.25, -0.2) is 0 Å². The van der Waals surface area contributed by atoms with E-state index in [9.17, 15) is 4.79 Å². The lowest BCUT2D eigenvalue weighted by atomic mass is 10.1. The van der Waals surface area contributed by atoms with E-state index in [-0.39, 0.29) is 11.9 Å². The van der Waals surface area contributed by atoms with Gasteiger partial charge in [-0.15, -0.1) is 0 Å². The highest BCUT2D eigenvalue weighted by atomic mass is 16.5. The maximum Gasteiger partial charge on any atom is 0.308 e. The summed E-state index contributed by atoms with van der Waals surface area (Å²) in [6, 6.07) is 0. The van der Waals surface area contributed by atoms with Gasteiger partial charge in [0.25, 0.3) is 0 Å². The maximum absolute atomic E-state index is 11.3. The Balaban J connectivity index is 3.34. The highest BCUT2D eigenvalue weighted by Crippen LogP contribution is 2.07. The monoisotopic (exact) mass is 199 g/mol. The zero-order chi connectivity index (χ0) is 10.8. The molecule has 0 aromatic heterocycles. The smallest absolute Gasteiger partial charge is 0.308 e. The number of esters is 1. The summed E-state index contributed by atoms with van der Waals surface area (Å²) in [6.45, 7) is 8.38. The lowest BCUT2D eigenvalue weighted by molar-refractivity contribution is -0.148. The van der Waals surface area contributed by atoms with E-state index >= 15 is 0 Å². The quantitative estimate of drug-likeness (QED) is 0.442. The third kappa shape index (κ3) is 6.93. The van der Waals surface area contributed by atoms with Crippen LogP contribution in [0.15, 0.2) is 0 Å². The van der Waals surface area contributed by atoms with Crippen molar-refractivity contribution in [2.45, 2.75) is 52.4 Å². The fourth-order valence-corrected chi connectivity index (χ4v) is 1.27. The molecular weight excluding hydrogens is 176 g/mol. The molecule has 2 heteroatoms. The molecular formula is C12H23O2. The van der Waals surface area contributed by atoms with Gasteiger partial charge in [0.2, 0.25) is 0 Å². The number of ether oxygens (including phenoxy) is 1. The number of carbonyl (C=O) groups excluding carboxylic acids is 1. The second-order valence-electron chi connectivity index (χ2n) is 3.77. The fourth-order valence-electron chi connectivity index (χ4n) is 1.27. The number of hydrogen-bond donors (Lipinski definition) is 0. The van der Waals surface area contributed by atoms with Gasteiger partial charge in [-0.1, -0.05) is 46.5 Å². The van der Waals surface area contributed by atoms with Crippen molar-refractivity contribution in [2.24, 2.45) is 5.92 Å². The van der Waals surface area contributed by atoms with Gasteiger partial charge in [-0.3, -0.25) is 4.79 Å². The van der Waals surface area contributed by atoms with Crippen molar-refractivity contribution in [2.75, 3.05) is 6.61 Å². The largest absolute Gasteiger partial charge is 0.465 e. The number of rotatable bonds is 8. The Hall–Kier alpha value is -0.530. The van der Waals surface area contributed by atoms with Crippen LogP contribution in [0.25, 0.3) is 0 Å². The van der Waals surface area contributed by atoms with Gasteiger partial charge in [0.1, 0.15) is 0 Å². The Morgan fingerprint density at radius 2 is 2.07 bits per heavy atom. The molecule has 0 heterocycles. The molecule has 0 spiro atoms. The summed E-state index contributed by atoms with van der Waals surface area (Å²) in [5.41, 5.74) is 0. The van der Waals surface area contributed by atoms with E-state index in [1.807, 2.05) is 6.92 Å². The van der Waals surface area contributed by atoms with Gasteiger partial charge >= 0.3 is 5.97 Å². The maximum atomic E-state index is 11.3. The first kappa shape index (κ1) is 13.5. The van der Waals surface area contributed by atoms with Crippen LogP contribution < -0.4 is 0 Å². The number of unbranched alkanes of at least 4 members (excludes halogenated alkanes) is 3. The molecule has 0 aliphatic carbocycles. The van der Waals surface area contributed by atoms with Crippen molar-refractivity contribution in [3.63, 3.8) is 0 Å². The Labute approximate surface area is 88.0 Å². The molecule has 14 heavy (non-hydrogen) atoms. The van der Waals surface area contributed by atoms with Crippen LogP contribution in [-0.2, 0) is 9.53 Å². The molecule has 0 aliphatic rings. The van der Waals surface area contributed by atoms with Crippen molar-refractivity contribution < 1.29 is 9.53 Å². The standard InChI is InChI=1S/C12H23O2/c1-4-6-7-8-10-14-12(13)11(3)9-5-2/h11H,2,4-10H2,1,3H3. The van der Waals surface area contributed by atoms with Crippen LogP contribution >= 0.6 is 0 Å². The summed E-state index contributed by atoms with van der Waals surface area (Å²) in [5, 5.41) is 0. The lowest BCUT2D eigenvalue weighted by Gasteiger charge is -2.09. The van der Waals surface area contributed by atoms with Crippen LogP contribution in [0.4, 0.5) is 0 Å². The zero-order valence-corrected chi connectivity index (χ0v) is 9.55. The third-order valence-corrected chi connectivity index (χ3v) is 2.28. The molecule has 83 valence electrons. The van der Waals surface area contributed by atoms with Crippen molar-refractivity contribution in [1.29, 1.82) is 0 Å². The van der Waals surface area contributed by atoms with E-state index < -0.39 is 0 Å². The molecule has 0 bridgehead atoms. The average Bonchev–Trinajstić information content (AvgIpc) is 2.17. The highest BCUT2D eigenvalue weighted by molar-refractivity contribution is 5.71. The van der Waals surface area contributed by atoms with Crippen molar-refractivity contribution in [3.8, 4) is 0 Å². The summed E-state index contributed by atoms with van der Waals surface area (Å²) in [7, 11) is 0. The minimum absolute atomic E-state index is 0.0127. The molecule has 1 unspecified atom stereocenters. The molecule has 1 atom stereocenters. The number of carbonyl (C=O) groups is 1. The van der Waals surface area contributed by atoms with Crippen molar-refractivity contribution >= 4 is 5.97 Å². The first-order valence-corrected chi connectivity index (χ1v) is 5.68. The molecule has 0 rings (SSSR count). The first-order chi connectivity index (χ1) is 6.72. The van der Waals surface area contributed by atoms with Crippen LogP contribution in [-0.4, -0.2) is 12.6 Å². The Morgan fingerprint density at radius 1 is 1.36 bits per heavy atom. The van der Waals surface area contributed by atoms with E-state index in [1.165, 1.54) is 12.8 Å². The van der Waals surface area contributed by atoms with Gasteiger partial charge in [0, 0.05) is 0 Å². The summed E-state index contributed by atoms with van der Waals surface area (Å²) in [5.74, 6) is -0.0520. The Kier molecular flexibility index (Phi) is 8.70. The van der Waals surface area contributed by atoms with Crippen molar-refractivity contribution in [1.82, 2.24) is 0 Å². The van der Waals surface area contributed by atoms with Crippen LogP contribution in [0.3, 0.4) is 0 Å². The second kappa shape index (κ2) is 9.04. The van der Waals surface area contributed by atoms with Gasteiger partial charge in [-0.2, -0.15) is 0 Å². The molecule has 0 aliphatic heterocycles. The normalized spacial score (nSPS) is 12.5. The topological polar surface area (TPSA) is 26.3 Å². The molecule has 0 aromatic rings. The summed E-state index contributed by atoms with van der Waals surface area (Å²) < 4.78 is 5.14. The molecule has 0 N–H and O–H groups in total. The van der Waals surface area contributed by atoms with Crippen molar-refractivity contribution in [3.05, 3.63) is 6.92 Å². The van der Waals surface area contributed by atoms with Gasteiger partial charge in [-0.05, 0) is 12.8 Å². The van der Waals surface area contributed by atoms with Gasteiger partial charge in [0.15, 0.2) is 0 Å². The minimum atomic E-state index is -0.0647. The Bertz CT molecular complexity index is 143. The highest BCUT2D eigenvalue weighted by Gasteiger charge is 2.12. The second-order valence-corrected chi connectivity index (χ2v) is 3.77. The zero-order valence-electron chi connectivity index (χ0n) is 9.55. The van der Waals surface area contributed by atoms with Gasteiger partial charge in [0.05, 0.1) is 12.5 Å². The van der Waals surface area contributed by atoms with E-state index in [2.05, 4.69) is 13.8 Å². The van der Waals surface area contributed by atoms with E-state index in [0.29, 0.717) is 6.61 Å². The van der Waals surface area contributed by atoms with Crippen LogP contribution in [0.2, 0.25) is 0 Å². The lowest BCUT2D eigenvalue weighted by Crippen LogP contribution is -2.15. The summed E-state index contributed by atoms with van der Waals surface area (Å²) >= 11 is 0. The minimum Gasteiger partial charge on any atom is -0.465 e. The van der Waals surface area contributed by atoms with E-state index in [4.69, 9.17) is 4.74 Å². The molecule has 0 amide bonds. The summed E-state index contributed by atoms with van der Waals surface area (Å²) in [4.78, 5) is 11.3. The fraction of sp³-hybridized carbons (Fsp3) is 0.833. The number of hydrogen-bond acceptors (Lipinski definition) is 2. The van der Waals surface area contributed by atoms with Crippen LogP contribution in [0.5, 0.6) is 0 Å². The predicted octanol–water partition coefficient (Wildman–Crippen LogP) is 3.36. The van der Waals surface area contributed by atoms with E-state index in [0.717, 1.165) is 25.7 Å². The first-order valence-electron chi connectivity index (χ1n) is 5.68. The van der Waals surface area contributed by atoms with Crippen LogP contribution in [0.1, 0.15) is 52.4 Å². The Morgan fingerprint density at radius 3 is 2.64 bits per heavy atom. The predicted molar refractivity (Wildman–Crippen MR) is 58.9 cm³/mol. The molecule has 0 saturated heterocycles.